The van der Waals surface area contributed by atoms with Crippen molar-refractivity contribution in [2.75, 3.05) is 16.8 Å². The number of fused-ring (bicyclic) bond motifs is 1. The molecule has 200 valence electrons. The van der Waals surface area contributed by atoms with Crippen LogP contribution in [0.2, 0.25) is 0 Å². The first-order chi connectivity index (χ1) is 18.9. The third-order valence-electron chi connectivity index (χ3n) is 6.87. The zero-order chi connectivity index (χ0) is 27.4. The summed E-state index contributed by atoms with van der Waals surface area (Å²) in [7, 11) is 0. The number of esters is 1. The van der Waals surface area contributed by atoms with Crippen LogP contribution in [0.1, 0.15) is 54.1 Å². The molecular formula is C31H31FN4O3. The van der Waals surface area contributed by atoms with Crippen molar-refractivity contribution in [3.8, 4) is 0 Å². The molecule has 1 aliphatic heterocycles. The van der Waals surface area contributed by atoms with E-state index >= 15 is 0 Å². The maximum absolute atomic E-state index is 13.5. The number of hydrogen-bond acceptors (Lipinski definition) is 7. The van der Waals surface area contributed by atoms with Crippen LogP contribution in [-0.4, -0.2) is 22.5 Å². The molecule has 0 spiro atoms. The molecule has 0 bridgehead atoms. The molecule has 1 aromatic heterocycles. The minimum absolute atomic E-state index is 0.0625. The second-order valence-corrected chi connectivity index (χ2v) is 9.57. The van der Waals surface area contributed by atoms with Crippen molar-refractivity contribution >= 4 is 23.4 Å². The Hall–Kier alpha value is -4.30. The maximum Gasteiger partial charge on any atom is 0.305 e. The van der Waals surface area contributed by atoms with E-state index in [-0.39, 0.29) is 18.5 Å². The number of nitrogens with one attached hydrogen (secondary N) is 1. The van der Waals surface area contributed by atoms with Gasteiger partial charge >= 0.3 is 5.97 Å². The van der Waals surface area contributed by atoms with Crippen LogP contribution in [0.5, 0.6) is 0 Å². The molecule has 8 heteroatoms. The summed E-state index contributed by atoms with van der Waals surface area (Å²) in [5.74, 6) is 0.188. The van der Waals surface area contributed by atoms with Gasteiger partial charge in [0.05, 0.1) is 12.6 Å². The molecule has 3 aromatic carbocycles. The second kappa shape index (κ2) is 11.6. The fourth-order valence-electron chi connectivity index (χ4n) is 4.88. The van der Waals surface area contributed by atoms with Gasteiger partial charge in [-0.1, -0.05) is 54.6 Å². The van der Waals surface area contributed by atoms with Gasteiger partial charge in [0.2, 0.25) is 12.2 Å². The van der Waals surface area contributed by atoms with Gasteiger partial charge in [-0.15, -0.1) is 0 Å². The molecule has 0 amide bonds. The monoisotopic (exact) mass is 526 g/mol. The Morgan fingerprint density at radius 2 is 1.77 bits per heavy atom. The van der Waals surface area contributed by atoms with Crippen LogP contribution in [0, 0.1) is 12.7 Å². The Kier molecular flexibility index (Phi) is 7.84. The number of hydrogen-bond donors (Lipinski definition) is 1. The van der Waals surface area contributed by atoms with Crippen molar-refractivity contribution in [2.45, 2.75) is 46.1 Å². The molecule has 2 unspecified atom stereocenters. The summed E-state index contributed by atoms with van der Waals surface area (Å²) in [6.07, 6.45) is -0.177. The first kappa shape index (κ1) is 26.3. The van der Waals surface area contributed by atoms with E-state index in [0.29, 0.717) is 23.1 Å². The summed E-state index contributed by atoms with van der Waals surface area (Å²) in [5.41, 5.74) is 5.33. The van der Waals surface area contributed by atoms with E-state index in [0.717, 1.165) is 24.1 Å². The van der Waals surface area contributed by atoms with Gasteiger partial charge in [-0.25, -0.2) is 9.37 Å². The first-order valence-electron chi connectivity index (χ1n) is 13.0. The topological polar surface area (TPSA) is 76.6 Å². The van der Waals surface area contributed by atoms with Crippen molar-refractivity contribution in [1.29, 1.82) is 0 Å². The molecule has 7 nitrogen and oxygen atoms in total. The minimum Gasteiger partial charge on any atom is -0.430 e. The molecule has 4 aromatic rings. The highest BCUT2D eigenvalue weighted by molar-refractivity contribution is 5.66. The van der Waals surface area contributed by atoms with E-state index in [1.54, 1.807) is 12.1 Å². The standard InChI is InChI=1S/C31H31FN4O3/c1-20-28(30(39-22(3)37)38-19-23-9-5-4-6-10-23)34-31(33-26-15-13-25(32)14-16-26)35-29(20)36-18-17-24-11-7-8-12-27(24)21(36)2/h4-16,21,30H,17-19H2,1-3H3,(H,33,34,35). The van der Waals surface area contributed by atoms with Crippen LogP contribution in [0.4, 0.5) is 21.8 Å². The van der Waals surface area contributed by atoms with Gasteiger partial charge in [0.1, 0.15) is 17.3 Å². The van der Waals surface area contributed by atoms with E-state index in [4.69, 9.17) is 19.4 Å². The molecule has 1 aliphatic rings. The summed E-state index contributed by atoms with van der Waals surface area (Å²) < 4.78 is 25.3. The van der Waals surface area contributed by atoms with Crippen molar-refractivity contribution in [3.63, 3.8) is 0 Å². The molecule has 39 heavy (non-hydrogen) atoms. The highest BCUT2D eigenvalue weighted by Gasteiger charge is 2.30. The zero-order valence-electron chi connectivity index (χ0n) is 22.2. The summed E-state index contributed by atoms with van der Waals surface area (Å²) >= 11 is 0. The molecule has 2 atom stereocenters. The molecule has 0 aliphatic carbocycles. The van der Waals surface area contributed by atoms with Crippen LogP contribution in [0.25, 0.3) is 0 Å². The van der Waals surface area contributed by atoms with Crippen LogP contribution in [0.15, 0.2) is 78.9 Å². The molecule has 0 saturated heterocycles. The predicted molar refractivity (Wildman–Crippen MR) is 148 cm³/mol. The highest BCUT2D eigenvalue weighted by Crippen LogP contribution is 2.37. The molecule has 0 fully saturated rings. The Morgan fingerprint density at radius 3 is 2.51 bits per heavy atom. The smallest absolute Gasteiger partial charge is 0.305 e. The molecule has 0 saturated carbocycles. The van der Waals surface area contributed by atoms with E-state index in [1.807, 2.05) is 43.3 Å². The van der Waals surface area contributed by atoms with Gasteiger partial charge in [-0.2, -0.15) is 4.98 Å². The Bertz CT molecular complexity index is 1450. The average Bonchev–Trinajstić information content (AvgIpc) is 2.94. The largest absolute Gasteiger partial charge is 0.430 e. The Balaban J connectivity index is 1.56. The Morgan fingerprint density at radius 1 is 1.05 bits per heavy atom. The number of benzene rings is 3. The number of nitrogens with zero attached hydrogens (tertiary/aromatic N) is 3. The SMILES string of the molecule is CC(=O)OC(OCc1ccccc1)c1nc(Nc2ccc(F)cc2)nc(N2CCc3ccccc3C2C)c1C. The van der Waals surface area contributed by atoms with Gasteiger partial charge in [-0.3, -0.25) is 4.79 Å². The fraction of sp³-hybridized carbons (Fsp3) is 0.258. The number of carbonyl (C=O) groups excluding carboxylic acids is 1. The normalized spacial score (nSPS) is 15.4. The second-order valence-electron chi connectivity index (χ2n) is 9.57. The molecule has 5 rings (SSSR count). The first-order valence-corrected chi connectivity index (χ1v) is 13.0. The van der Waals surface area contributed by atoms with E-state index < -0.39 is 12.3 Å². The van der Waals surface area contributed by atoms with Gasteiger partial charge in [-0.05, 0) is 61.2 Å². The summed E-state index contributed by atoms with van der Waals surface area (Å²) in [5, 5.41) is 3.18. The van der Waals surface area contributed by atoms with Crippen LogP contribution >= 0.6 is 0 Å². The van der Waals surface area contributed by atoms with Crippen LogP contribution < -0.4 is 10.2 Å². The number of carbonyl (C=O) groups is 1. The lowest BCUT2D eigenvalue weighted by Gasteiger charge is -2.37. The highest BCUT2D eigenvalue weighted by atomic mass is 19.1. The number of anilines is 3. The summed E-state index contributed by atoms with van der Waals surface area (Å²) in [6, 6.07) is 24.1. The number of halogens is 1. The Labute approximate surface area is 227 Å². The number of rotatable bonds is 8. The summed E-state index contributed by atoms with van der Waals surface area (Å²) in [4.78, 5) is 24.0. The molecule has 2 heterocycles. The third kappa shape index (κ3) is 6.07. The average molecular weight is 527 g/mol. The quantitative estimate of drug-likeness (QED) is 0.206. The van der Waals surface area contributed by atoms with Crippen molar-refractivity contribution in [1.82, 2.24) is 9.97 Å². The minimum atomic E-state index is -1.05. The number of ether oxygens (including phenoxy) is 2. The van der Waals surface area contributed by atoms with Gasteiger partial charge < -0.3 is 19.7 Å². The molecular weight excluding hydrogens is 495 g/mol. The van der Waals surface area contributed by atoms with Crippen molar-refractivity contribution in [2.24, 2.45) is 0 Å². The van der Waals surface area contributed by atoms with E-state index in [2.05, 4.69) is 35.3 Å². The van der Waals surface area contributed by atoms with Crippen LogP contribution in [-0.2, 0) is 27.3 Å². The number of aromatic nitrogens is 2. The molecule has 0 radical (unpaired) electrons. The van der Waals surface area contributed by atoms with E-state index in [9.17, 15) is 9.18 Å². The molecule has 1 N–H and O–H groups in total. The predicted octanol–water partition coefficient (Wildman–Crippen LogP) is 6.57. The lowest BCUT2D eigenvalue weighted by molar-refractivity contribution is -0.182. The van der Waals surface area contributed by atoms with Crippen molar-refractivity contribution < 1.29 is 18.7 Å². The zero-order valence-corrected chi connectivity index (χ0v) is 22.2. The summed E-state index contributed by atoms with van der Waals surface area (Å²) in [6.45, 7) is 6.40. The van der Waals surface area contributed by atoms with Gasteiger partial charge in [0.15, 0.2) is 0 Å². The third-order valence-corrected chi connectivity index (χ3v) is 6.87. The van der Waals surface area contributed by atoms with Crippen LogP contribution in [0.3, 0.4) is 0 Å². The van der Waals surface area contributed by atoms with Crippen molar-refractivity contribution in [3.05, 3.63) is 113 Å². The van der Waals surface area contributed by atoms with Gasteiger partial charge in [0.25, 0.3) is 0 Å². The fourth-order valence-corrected chi connectivity index (χ4v) is 4.88. The van der Waals surface area contributed by atoms with Gasteiger partial charge in [0, 0.05) is 24.7 Å². The maximum atomic E-state index is 13.5. The lowest BCUT2D eigenvalue weighted by atomic mass is 9.93. The van der Waals surface area contributed by atoms with E-state index in [1.165, 1.54) is 30.2 Å². The lowest BCUT2D eigenvalue weighted by Crippen LogP contribution is -2.35.